The average molecular weight is 305 g/mol. The third-order valence-corrected chi connectivity index (χ3v) is 4.36. The van der Waals surface area contributed by atoms with Crippen molar-refractivity contribution in [2.24, 2.45) is 7.05 Å². The van der Waals surface area contributed by atoms with Crippen LogP contribution < -0.4 is 16.1 Å². The van der Waals surface area contributed by atoms with Gasteiger partial charge in [-0.2, -0.15) is 4.98 Å². The van der Waals surface area contributed by atoms with Crippen molar-refractivity contribution in [1.82, 2.24) is 19.1 Å². The van der Waals surface area contributed by atoms with Crippen molar-refractivity contribution >= 4 is 17.1 Å². The number of aromatic nitrogens is 4. The van der Waals surface area contributed by atoms with Gasteiger partial charge in [0.2, 0.25) is 5.95 Å². The van der Waals surface area contributed by atoms with Gasteiger partial charge in [0.25, 0.3) is 5.56 Å². The fraction of sp³-hybridized carbons (Fsp3) is 0.667. The van der Waals surface area contributed by atoms with Crippen molar-refractivity contribution in [3.63, 3.8) is 0 Å². The zero-order valence-corrected chi connectivity index (χ0v) is 13.3. The molecule has 7 nitrogen and oxygen atoms in total. The first-order chi connectivity index (χ1) is 10.6. The Bertz CT molecular complexity index is 780. The standard InChI is InChI=1S/C15H23N5O2/c1-3-4-5-10-20-11-12(18(2)15(22)17-13(11)21)16-14(20)19-8-6-7-9-19/h3-10H2,1-2H3,(H,17,21,22). The molecule has 1 aliphatic heterocycles. The van der Waals surface area contributed by atoms with Crippen LogP contribution in [0.4, 0.5) is 5.95 Å². The lowest BCUT2D eigenvalue weighted by Crippen LogP contribution is -2.29. The van der Waals surface area contributed by atoms with E-state index >= 15 is 0 Å². The molecule has 0 saturated carbocycles. The third-order valence-electron chi connectivity index (χ3n) is 4.36. The molecule has 0 atom stereocenters. The summed E-state index contributed by atoms with van der Waals surface area (Å²) in [4.78, 5) is 33.3. The van der Waals surface area contributed by atoms with E-state index in [0.29, 0.717) is 11.2 Å². The summed E-state index contributed by atoms with van der Waals surface area (Å²) in [6.45, 7) is 4.84. The van der Waals surface area contributed by atoms with Gasteiger partial charge in [-0.05, 0) is 19.3 Å². The van der Waals surface area contributed by atoms with Gasteiger partial charge in [0.05, 0.1) is 0 Å². The number of imidazole rings is 1. The van der Waals surface area contributed by atoms with Gasteiger partial charge in [-0.3, -0.25) is 14.3 Å². The molecule has 1 saturated heterocycles. The second-order valence-electron chi connectivity index (χ2n) is 5.96. The summed E-state index contributed by atoms with van der Waals surface area (Å²) < 4.78 is 3.42. The molecule has 0 unspecified atom stereocenters. The van der Waals surface area contributed by atoms with Gasteiger partial charge < -0.3 is 9.47 Å². The van der Waals surface area contributed by atoms with E-state index in [0.717, 1.165) is 57.7 Å². The Morgan fingerprint density at radius 3 is 2.59 bits per heavy atom. The van der Waals surface area contributed by atoms with E-state index in [2.05, 4.69) is 21.8 Å². The molecule has 3 rings (SSSR count). The highest BCUT2D eigenvalue weighted by atomic mass is 16.2. The molecule has 2 aromatic rings. The second kappa shape index (κ2) is 5.98. The zero-order chi connectivity index (χ0) is 15.7. The molecule has 22 heavy (non-hydrogen) atoms. The summed E-state index contributed by atoms with van der Waals surface area (Å²) >= 11 is 0. The number of rotatable bonds is 5. The average Bonchev–Trinajstić information content (AvgIpc) is 3.12. The summed E-state index contributed by atoms with van der Waals surface area (Å²) in [6.07, 6.45) is 5.54. The molecule has 0 aromatic carbocycles. The highest BCUT2D eigenvalue weighted by Gasteiger charge is 2.23. The van der Waals surface area contributed by atoms with Crippen LogP contribution in [0, 0.1) is 0 Å². The first-order valence-electron chi connectivity index (χ1n) is 8.08. The van der Waals surface area contributed by atoms with Crippen LogP contribution in [0.5, 0.6) is 0 Å². The van der Waals surface area contributed by atoms with Gasteiger partial charge >= 0.3 is 5.69 Å². The number of H-pyrrole nitrogens is 1. The summed E-state index contributed by atoms with van der Waals surface area (Å²) in [7, 11) is 1.65. The molecular weight excluding hydrogens is 282 g/mol. The smallest absolute Gasteiger partial charge is 0.329 e. The minimum atomic E-state index is -0.413. The second-order valence-corrected chi connectivity index (χ2v) is 5.96. The van der Waals surface area contributed by atoms with Gasteiger partial charge in [-0.1, -0.05) is 19.8 Å². The number of aryl methyl sites for hydroxylation is 2. The number of nitrogens with one attached hydrogen (secondary N) is 1. The number of unbranched alkanes of at least 4 members (excludes halogenated alkanes) is 2. The van der Waals surface area contributed by atoms with Crippen molar-refractivity contribution in [3.8, 4) is 0 Å². The molecule has 0 aliphatic carbocycles. The van der Waals surface area contributed by atoms with Gasteiger partial charge in [0, 0.05) is 26.7 Å². The predicted molar refractivity (Wildman–Crippen MR) is 86.6 cm³/mol. The maximum atomic E-state index is 12.3. The molecule has 1 N–H and O–H groups in total. The summed E-state index contributed by atoms with van der Waals surface area (Å²) in [5, 5.41) is 0. The zero-order valence-electron chi connectivity index (χ0n) is 13.3. The van der Waals surface area contributed by atoms with Crippen LogP contribution in [-0.2, 0) is 13.6 Å². The van der Waals surface area contributed by atoms with Gasteiger partial charge in [-0.15, -0.1) is 0 Å². The summed E-state index contributed by atoms with van der Waals surface area (Å²) in [5.74, 6) is 0.829. The van der Waals surface area contributed by atoms with Gasteiger partial charge in [-0.25, -0.2) is 4.79 Å². The van der Waals surface area contributed by atoms with Crippen molar-refractivity contribution in [2.75, 3.05) is 18.0 Å². The van der Waals surface area contributed by atoms with Crippen molar-refractivity contribution in [2.45, 2.75) is 45.6 Å². The Hall–Kier alpha value is -2.05. The van der Waals surface area contributed by atoms with E-state index in [-0.39, 0.29) is 5.56 Å². The van der Waals surface area contributed by atoms with E-state index in [1.807, 2.05) is 4.57 Å². The fourth-order valence-corrected chi connectivity index (χ4v) is 3.11. The maximum absolute atomic E-state index is 12.3. The quantitative estimate of drug-likeness (QED) is 0.843. The van der Waals surface area contributed by atoms with E-state index < -0.39 is 5.69 Å². The lowest BCUT2D eigenvalue weighted by molar-refractivity contribution is 0.607. The number of nitrogens with zero attached hydrogens (tertiary/aromatic N) is 4. The van der Waals surface area contributed by atoms with E-state index in [9.17, 15) is 9.59 Å². The Labute approximate surface area is 128 Å². The molecule has 3 heterocycles. The molecule has 2 aromatic heterocycles. The summed E-state index contributed by atoms with van der Waals surface area (Å²) in [5.41, 5.74) is 0.239. The third kappa shape index (κ3) is 2.44. The van der Waals surface area contributed by atoms with Crippen LogP contribution in [-0.4, -0.2) is 32.2 Å². The van der Waals surface area contributed by atoms with E-state index in [1.165, 1.54) is 4.57 Å². The minimum Gasteiger partial charge on any atom is -0.342 e. The van der Waals surface area contributed by atoms with Gasteiger partial charge in [0.15, 0.2) is 11.2 Å². The van der Waals surface area contributed by atoms with Crippen LogP contribution in [0.15, 0.2) is 9.59 Å². The number of hydrogen-bond acceptors (Lipinski definition) is 4. The van der Waals surface area contributed by atoms with Crippen molar-refractivity contribution < 1.29 is 0 Å². The van der Waals surface area contributed by atoms with Crippen molar-refractivity contribution in [3.05, 3.63) is 20.8 Å². The number of aromatic amines is 1. The Morgan fingerprint density at radius 1 is 1.18 bits per heavy atom. The van der Waals surface area contributed by atoms with Crippen molar-refractivity contribution in [1.29, 1.82) is 0 Å². The minimum absolute atomic E-state index is 0.340. The molecule has 1 fully saturated rings. The molecule has 7 heteroatoms. The lowest BCUT2D eigenvalue weighted by Gasteiger charge is -2.18. The SMILES string of the molecule is CCCCCn1c(N2CCCC2)nc2c1c(=O)[nH]c(=O)n2C. The highest BCUT2D eigenvalue weighted by Crippen LogP contribution is 2.23. The Morgan fingerprint density at radius 2 is 1.91 bits per heavy atom. The van der Waals surface area contributed by atoms with E-state index in [1.54, 1.807) is 7.05 Å². The Kier molecular flexibility index (Phi) is 4.04. The molecular formula is C15H23N5O2. The lowest BCUT2D eigenvalue weighted by atomic mass is 10.2. The molecule has 1 aliphatic rings. The first kappa shape index (κ1) is 14.9. The topological polar surface area (TPSA) is 75.9 Å². The first-order valence-corrected chi connectivity index (χ1v) is 8.08. The maximum Gasteiger partial charge on any atom is 0.329 e. The normalized spacial score (nSPS) is 15.1. The monoisotopic (exact) mass is 305 g/mol. The highest BCUT2D eigenvalue weighted by molar-refractivity contribution is 5.74. The van der Waals surface area contributed by atoms with E-state index in [4.69, 9.17) is 0 Å². The Balaban J connectivity index is 2.17. The van der Waals surface area contributed by atoms with Crippen LogP contribution in [0.25, 0.3) is 11.2 Å². The molecule has 0 bridgehead atoms. The number of hydrogen-bond donors (Lipinski definition) is 1. The van der Waals surface area contributed by atoms with Crippen LogP contribution in [0.1, 0.15) is 39.0 Å². The van der Waals surface area contributed by atoms with Crippen LogP contribution >= 0.6 is 0 Å². The van der Waals surface area contributed by atoms with Gasteiger partial charge in [0.1, 0.15) is 0 Å². The number of fused-ring (bicyclic) bond motifs is 1. The predicted octanol–water partition coefficient (Wildman–Crippen LogP) is 1.21. The molecule has 0 amide bonds. The molecule has 0 spiro atoms. The van der Waals surface area contributed by atoms with Crippen LogP contribution in [0.2, 0.25) is 0 Å². The largest absolute Gasteiger partial charge is 0.342 e. The summed E-state index contributed by atoms with van der Waals surface area (Å²) in [6, 6.07) is 0. The molecule has 120 valence electrons. The number of anilines is 1. The molecule has 0 radical (unpaired) electrons. The van der Waals surface area contributed by atoms with Crippen LogP contribution in [0.3, 0.4) is 0 Å². The fourth-order valence-electron chi connectivity index (χ4n) is 3.11.